The van der Waals surface area contributed by atoms with Gasteiger partial charge in [0.1, 0.15) is 11.5 Å². The Labute approximate surface area is 157 Å². The van der Waals surface area contributed by atoms with E-state index in [1.165, 1.54) is 0 Å². The molecule has 132 valence electrons. The Morgan fingerprint density at radius 2 is 1.63 bits per heavy atom. The van der Waals surface area contributed by atoms with Gasteiger partial charge in [-0.05, 0) is 36.8 Å². The maximum Gasteiger partial charge on any atom is 0.275 e. The van der Waals surface area contributed by atoms with Crippen LogP contribution in [0, 0.1) is 6.92 Å². The molecule has 0 aliphatic heterocycles. The summed E-state index contributed by atoms with van der Waals surface area (Å²) < 4.78 is 1.66. The van der Waals surface area contributed by atoms with Crippen LogP contribution in [0.15, 0.2) is 85.1 Å². The van der Waals surface area contributed by atoms with Crippen molar-refractivity contribution in [1.82, 2.24) is 14.8 Å². The number of pyridine rings is 1. The van der Waals surface area contributed by atoms with Gasteiger partial charge in [-0.2, -0.15) is 5.10 Å². The van der Waals surface area contributed by atoms with E-state index in [0.29, 0.717) is 11.5 Å². The van der Waals surface area contributed by atoms with Crippen LogP contribution in [0.1, 0.15) is 16.1 Å². The van der Waals surface area contributed by atoms with E-state index >= 15 is 0 Å². The Hall–Kier alpha value is -3.73. The van der Waals surface area contributed by atoms with Gasteiger partial charge in [0.15, 0.2) is 0 Å². The van der Waals surface area contributed by atoms with Gasteiger partial charge in [0.25, 0.3) is 5.91 Å². The predicted molar refractivity (Wildman–Crippen MR) is 106 cm³/mol. The Morgan fingerprint density at radius 3 is 2.33 bits per heavy atom. The topological polar surface area (TPSA) is 59.8 Å². The Bertz CT molecular complexity index is 1070. The first-order valence-electron chi connectivity index (χ1n) is 8.66. The number of amides is 1. The molecule has 1 N–H and O–H groups in total. The average molecular weight is 354 g/mol. The normalized spacial score (nSPS) is 10.6. The number of hydrogen-bond acceptors (Lipinski definition) is 3. The van der Waals surface area contributed by atoms with Crippen molar-refractivity contribution in [2.75, 3.05) is 5.32 Å². The van der Waals surface area contributed by atoms with Crippen molar-refractivity contribution in [3.05, 3.63) is 96.3 Å². The molecule has 0 aliphatic rings. The fourth-order valence-electron chi connectivity index (χ4n) is 2.85. The number of rotatable bonds is 4. The minimum Gasteiger partial charge on any atom is -0.305 e. The number of nitrogens with zero attached hydrogens (tertiary/aromatic N) is 3. The average Bonchev–Trinajstić information content (AvgIpc) is 3.17. The number of para-hydroxylation sites is 1. The second-order valence-corrected chi connectivity index (χ2v) is 6.15. The van der Waals surface area contributed by atoms with Crippen molar-refractivity contribution in [3.63, 3.8) is 0 Å². The van der Waals surface area contributed by atoms with E-state index < -0.39 is 0 Å². The van der Waals surface area contributed by atoms with Crippen LogP contribution in [0.5, 0.6) is 0 Å². The number of hydrogen-bond donors (Lipinski definition) is 1. The third-order valence-corrected chi connectivity index (χ3v) is 4.25. The monoisotopic (exact) mass is 354 g/mol. The third-order valence-electron chi connectivity index (χ3n) is 4.25. The summed E-state index contributed by atoms with van der Waals surface area (Å²) in [6.07, 6.45) is 1.66. The number of benzene rings is 2. The van der Waals surface area contributed by atoms with Crippen LogP contribution in [-0.4, -0.2) is 20.7 Å². The van der Waals surface area contributed by atoms with Gasteiger partial charge in [0.2, 0.25) is 0 Å². The molecule has 5 heteroatoms. The van der Waals surface area contributed by atoms with Crippen LogP contribution >= 0.6 is 0 Å². The quantitative estimate of drug-likeness (QED) is 0.587. The lowest BCUT2D eigenvalue weighted by atomic mass is 10.1. The standard InChI is InChI=1S/C22H18N4O/c1-16-9-8-14-23-21(16)24-22(27)20-15-19(17-10-4-2-5-11-17)25-26(20)18-12-6-3-7-13-18/h2-15H,1H3,(H,23,24,27). The van der Waals surface area contributed by atoms with Crippen molar-refractivity contribution < 1.29 is 4.79 Å². The maximum atomic E-state index is 13.0. The molecular weight excluding hydrogens is 336 g/mol. The summed E-state index contributed by atoms with van der Waals surface area (Å²) in [6, 6.07) is 25.0. The summed E-state index contributed by atoms with van der Waals surface area (Å²) in [5.74, 6) is 0.292. The number of carbonyl (C=O) groups excluding carboxylic acids is 1. The summed E-state index contributed by atoms with van der Waals surface area (Å²) in [5.41, 5.74) is 3.87. The van der Waals surface area contributed by atoms with E-state index in [1.807, 2.05) is 79.7 Å². The molecule has 0 fully saturated rings. The molecule has 5 nitrogen and oxygen atoms in total. The van der Waals surface area contributed by atoms with Crippen molar-refractivity contribution in [2.45, 2.75) is 6.92 Å². The van der Waals surface area contributed by atoms with Gasteiger partial charge in [0.05, 0.1) is 11.4 Å². The van der Waals surface area contributed by atoms with Crippen molar-refractivity contribution >= 4 is 11.7 Å². The van der Waals surface area contributed by atoms with E-state index in [4.69, 9.17) is 0 Å². The van der Waals surface area contributed by atoms with Crippen LogP contribution in [-0.2, 0) is 0 Å². The lowest BCUT2D eigenvalue weighted by Crippen LogP contribution is -2.18. The maximum absolute atomic E-state index is 13.0. The number of nitrogens with one attached hydrogen (secondary N) is 1. The molecule has 1 amide bonds. The van der Waals surface area contributed by atoms with Crippen molar-refractivity contribution in [1.29, 1.82) is 0 Å². The highest BCUT2D eigenvalue weighted by Gasteiger charge is 2.18. The highest BCUT2D eigenvalue weighted by Crippen LogP contribution is 2.22. The summed E-state index contributed by atoms with van der Waals surface area (Å²) in [4.78, 5) is 17.2. The smallest absolute Gasteiger partial charge is 0.275 e. The predicted octanol–water partition coefficient (Wildman–Crippen LogP) is 4.50. The van der Waals surface area contributed by atoms with Gasteiger partial charge in [-0.1, -0.05) is 54.6 Å². The summed E-state index contributed by atoms with van der Waals surface area (Å²) in [5, 5.41) is 7.56. The summed E-state index contributed by atoms with van der Waals surface area (Å²) >= 11 is 0. The molecule has 4 rings (SSSR count). The zero-order valence-electron chi connectivity index (χ0n) is 14.8. The van der Waals surface area contributed by atoms with Gasteiger partial charge >= 0.3 is 0 Å². The fraction of sp³-hybridized carbons (Fsp3) is 0.0455. The Kier molecular flexibility index (Phi) is 4.49. The Balaban J connectivity index is 1.77. The van der Waals surface area contributed by atoms with Gasteiger partial charge in [-0.25, -0.2) is 9.67 Å². The first-order chi connectivity index (χ1) is 13.2. The number of carbonyl (C=O) groups is 1. The first-order valence-corrected chi connectivity index (χ1v) is 8.66. The van der Waals surface area contributed by atoms with E-state index in [0.717, 1.165) is 22.5 Å². The minimum atomic E-state index is -0.254. The summed E-state index contributed by atoms with van der Waals surface area (Å²) in [7, 11) is 0. The zero-order chi connectivity index (χ0) is 18.6. The summed E-state index contributed by atoms with van der Waals surface area (Å²) in [6.45, 7) is 1.91. The molecule has 0 atom stereocenters. The molecule has 0 unspecified atom stereocenters. The third kappa shape index (κ3) is 3.48. The lowest BCUT2D eigenvalue weighted by molar-refractivity contribution is 0.101. The zero-order valence-corrected chi connectivity index (χ0v) is 14.8. The number of aromatic nitrogens is 3. The minimum absolute atomic E-state index is 0.254. The van der Waals surface area contributed by atoms with E-state index in [2.05, 4.69) is 15.4 Å². The van der Waals surface area contributed by atoms with Crippen LogP contribution in [0.25, 0.3) is 16.9 Å². The van der Waals surface area contributed by atoms with Crippen molar-refractivity contribution in [3.8, 4) is 16.9 Å². The number of aryl methyl sites for hydroxylation is 1. The SMILES string of the molecule is Cc1cccnc1NC(=O)c1cc(-c2ccccc2)nn1-c1ccccc1. The van der Waals surface area contributed by atoms with Crippen LogP contribution in [0.4, 0.5) is 5.82 Å². The van der Waals surface area contributed by atoms with E-state index in [-0.39, 0.29) is 5.91 Å². The molecule has 0 saturated carbocycles. The molecule has 27 heavy (non-hydrogen) atoms. The van der Waals surface area contributed by atoms with Crippen LogP contribution < -0.4 is 5.32 Å². The van der Waals surface area contributed by atoms with Gasteiger partial charge in [-0.3, -0.25) is 4.79 Å². The molecule has 2 heterocycles. The van der Waals surface area contributed by atoms with Gasteiger partial charge < -0.3 is 5.32 Å². The number of anilines is 1. The van der Waals surface area contributed by atoms with Gasteiger partial charge in [-0.15, -0.1) is 0 Å². The molecular formula is C22H18N4O. The fourth-order valence-corrected chi connectivity index (χ4v) is 2.85. The van der Waals surface area contributed by atoms with E-state index in [9.17, 15) is 4.79 Å². The van der Waals surface area contributed by atoms with Crippen LogP contribution in [0.3, 0.4) is 0 Å². The molecule has 0 bridgehead atoms. The molecule has 0 spiro atoms. The van der Waals surface area contributed by atoms with Crippen LogP contribution in [0.2, 0.25) is 0 Å². The van der Waals surface area contributed by atoms with E-state index in [1.54, 1.807) is 16.9 Å². The molecule has 2 aromatic heterocycles. The second-order valence-electron chi connectivity index (χ2n) is 6.15. The molecule has 2 aromatic carbocycles. The molecule has 0 aliphatic carbocycles. The molecule has 0 saturated heterocycles. The van der Waals surface area contributed by atoms with Gasteiger partial charge in [0, 0.05) is 11.8 Å². The Morgan fingerprint density at radius 1 is 0.926 bits per heavy atom. The molecule has 4 aromatic rings. The lowest BCUT2D eigenvalue weighted by Gasteiger charge is -2.09. The second kappa shape index (κ2) is 7.25. The largest absolute Gasteiger partial charge is 0.305 e. The van der Waals surface area contributed by atoms with Crippen molar-refractivity contribution in [2.24, 2.45) is 0 Å². The molecule has 0 radical (unpaired) electrons. The highest BCUT2D eigenvalue weighted by molar-refractivity contribution is 6.04. The highest BCUT2D eigenvalue weighted by atomic mass is 16.2. The first kappa shape index (κ1) is 16.7.